The summed E-state index contributed by atoms with van der Waals surface area (Å²) in [5.74, 6) is 0.231. The maximum Gasteiger partial charge on any atom is 0.317 e. The largest absolute Gasteiger partial charge is 0.508 e. The third-order valence-electron chi connectivity index (χ3n) is 2.96. The number of nitrogens with one attached hydrogen (secondary N) is 1. The molecular formula is C13H18N2O3. The van der Waals surface area contributed by atoms with Crippen LogP contribution in [-0.2, 0) is 11.3 Å². The first kappa shape index (κ1) is 12.7. The van der Waals surface area contributed by atoms with Crippen LogP contribution in [0.15, 0.2) is 24.3 Å². The van der Waals surface area contributed by atoms with Gasteiger partial charge in [-0.15, -0.1) is 0 Å². The summed E-state index contributed by atoms with van der Waals surface area (Å²) >= 11 is 0. The number of aromatic hydroxyl groups is 1. The van der Waals surface area contributed by atoms with Gasteiger partial charge < -0.3 is 20.1 Å². The fraction of sp³-hybridized carbons (Fsp3) is 0.462. The molecule has 1 aliphatic rings. The Hall–Kier alpha value is -1.75. The van der Waals surface area contributed by atoms with Crippen molar-refractivity contribution in [2.75, 3.05) is 20.3 Å². The minimum Gasteiger partial charge on any atom is -0.508 e. The number of nitrogens with zero attached hydrogens (tertiary/aromatic N) is 1. The predicted molar refractivity (Wildman–Crippen MR) is 67.3 cm³/mol. The summed E-state index contributed by atoms with van der Waals surface area (Å²) in [6, 6.07) is 6.87. The van der Waals surface area contributed by atoms with Gasteiger partial charge in [-0.2, -0.15) is 0 Å². The van der Waals surface area contributed by atoms with Gasteiger partial charge in [0.2, 0.25) is 0 Å². The molecule has 5 nitrogen and oxygen atoms in total. The zero-order valence-corrected chi connectivity index (χ0v) is 10.4. The third kappa shape index (κ3) is 3.37. The van der Waals surface area contributed by atoms with Crippen LogP contribution in [0.4, 0.5) is 4.79 Å². The van der Waals surface area contributed by atoms with E-state index in [9.17, 15) is 9.90 Å². The lowest BCUT2D eigenvalue weighted by Gasteiger charge is -2.20. The van der Waals surface area contributed by atoms with E-state index >= 15 is 0 Å². The van der Waals surface area contributed by atoms with Gasteiger partial charge in [0.05, 0.1) is 12.6 Å². The Kier molecular flexibility index (Phi) is 4.04. The number of carbonyl (C=O) groups is 1. The molecule has 1 aromatic carbocycles. The molecule has 0 aromatic heterocycles. The SMILES string of the molecule is CN(Cc1ccc(O)cc1)C(=O)NC1CCOC1. The molecule has 1 aliphatic heterocycles. The monoisotopic (exact) mass is 250 g/mol. The zero-order chi connectivity index (χ0) is 13.0. The number of phenols is 1. The number of hydrogen-bond acceptors (Lipinski definition) is 3. The summed E-state index contributed by atoms with van der Waals surface area (Å²) in [6.45, 7) is 1.82. The molecule has 1 unspecified atom stereocenters. The van der Waals surface area contributed by atoms with E-state index in [1.807, 2.05) is 0 Å². The summed E-state index contributed by atoms with van der Waals surface area (Å²) in [7, 11) is 1.75. The van der Waals surface area contributed by atoms with Crippen LogP contribution in [0, 0.1) is 0 Å². The quantitative estimate of drug-likeness (QED) is 0.850. The Balaban J connectivity index is 1.84. The van der Waals surface area contributed by atoms with Crippen molar-refractivity contribution in [2.24, 2.45) is 0 Å². The lowest BCUT2D eigenvalue weighted by Crippen LogP contribution is -2.43. The van der Waals surface area contributed by atoms with Gasteiger partial charge in [-0.1, -0.05) is 12.1 Å². The van der Waals surface area contributed by atoms with Crippen LogP contribution >= 0.6 is 0 Å². The van der Waals surface area contributed by atoms with Crippen molar-refractivity contribution in [3.63, 3.8) is 0 Å². The van der Waals surface area contributed by atoms with Crippen LogP contribution in [0.1, 0.15) is 12.0 Å². The highest BCUT2D eigenvalue weighted by molar-refractivity contribution is 5.74. The molecule has 98 valence electrons. The minimum absolute atomic E-state index is 0.0985. The fourth-order valence-corrected chi connectivity index (χ4v) is 1.88. The fourth-order valence-electron chi connectivity index (χ4n) is 1.88. The molecule has 5 heteroatoms. The van der Waals surface area contributed by atoms with Crippen LogP contribution < -0.4 is 5.32 Å². The van der Waals surface area contributed by atoms with E-state index in [0.717, 1.165) is 12.0 Å². The van der Waals surface area contributed by atoms with Crippen molar-refractivity contribution in [1.82, 2.24) is 10.2 Å². The van der Waals surface area contributed by atoms with Crippen LogP contribution in [0.2, 0.25) is 0 Å². The van der Waals surface area contributed by atoms with Gasteiger partial charge in [-0.05, 0) is 24.1 Å². The Morgan fingerprint density at radius 1 is 1.50 bits per heavy atom. The molecule has 0 bridgehead atoms. The number of carbonyl (C=O) groups excluding carboxylic acids is 1. The maximum absolute atomic E-state index is 11.9. The average molecular weight is 250 g/mol. The lowest BCUT2D eigenvalue weighted by molar-refractivity contribution is 0.181. The van der Waals surface area contributed by atoms with Gasteiger partial charge in [0, 0.05) is 20.2 Å². The van der Waals surface area contributed by atoms with E-state index in [1.54, 1.807) is 36.2 Å². The third-order valence-corrected chi connectivity index (χ3v) is 2.96. The summed E-state index contributed by atoms with van der Waals surface area (Å²) in [4.78, 5) is 13.5. The summed E-state index contributed by atoms with van der Waals surface area (Å²) in [5, 5.41) is 12.1. The van der Waals surface area contributed by atoms with Crippen molar-refractivity contribution in [3.05, 3.63) is 29.8 Å². The molecule has 0 spiro atoms. The Bertz CT molecular complexity index is 399. The highest BCUT2D eigenvalue weighted by Gasteiger charge is 2.19. The van der Waals surface area contributed by atoms with Crippen LogP contribution in [0.5, 0.6) is 5.75 Å². The van der Waals surface area contributed by atoms with E-state index < -0.39 is 0 Å². The molecular weight excluding hydrogens is 232 g/mol. The number of benzene rings is 1. The second kappa shape index (κ2) is 5.73. The van der Waals surface area contributed by atoms with Gasteiger partial charge in [0.25, 0.3) is 0 Å². The summed E-state index contributed by atoms with van der Waals surface area (Å²) in [6.07, 6.45) is 0.874. The van der Waals surface area contributed by atoms with Gasteiger partial charge in [0.1, 0.15) is 5.75 Å². The molecule has 2 rings (SSSR count). The number of rotatable bonds is 3. The molecule has 18 heavy (non-hydrogen) atoms. The minimum atomic E-state index is -0.0985. The summed E-state index contributed by atoms with van der Waals surface area (Å²) < 4.78 is 5.21. The standard InChI is InChI=1S/C13H18N2O3/c1-15(8-10-2-4-12(16)5-3-10)13(17)14-11-6-7-18-9-11/h2-5,11,16H,6-9H2,1H3,(H,14,17). The summed E-state index contributed by atoms with van der Waals surface area (Å²) in [5.41, 5.74) is 0.980. The molecule has 2 N–H and O–H groups in total. The molecule has 1 atom stereocenters. The highest BCUT2D eigenvalue weighted by Crippen LogP contribution is 2.11. The van der Waals surface area contributed by atoms with Gasteiger partial charge >= 0.3 is 6.03 Å². The van der Waals surface area contributed by atoms with Gasteiger partial charge in [-0.25, -0.2) is 4.79 Å². The molecule has 0 saturated carbocycles. The normalized spacial score (nSPS) is 18.6. The van der Waals surface area contributed by atoms with Crippen LogP contribution in [0.3, 0.4) is 0 Å². The Labute approximate surface area is 106 Å². The van der Waals surface area contributed by atoms with Gasteiger partial charge in [0.15, 0.2) is 0 Å². The molecule has 1 aromatic rings. The first-order valence-electron chi connectivity index (χ1n) is 6.02. The Morgan fingerprint density at radius 2 is 2.22 bits per heavy atom. The van der Waals surface area contributed by atoms with Crippen molar-refractivity contribution in [1.29, 1.82) is 0 Å². The van der Waals surface area contributed by atoms with Crippen LogP contribution in [0.25, 0.3) is 0 Å². The second-order valence-electron chi connectivity index (χ2n) is 4.53. The Morgan fingerprint density at radius 3 is 2.83 bits per heavy atom. The number of urea groups is 1. The first-order chi connectivity index (χ1) is 8.65. The molecule has 1 saturated heterocycles. The van der Waals surface area contributed by atoms with E-state index in [-0.39, 0.29) is 17.8 Å². The maximum atomic E-state index is 11.9. The van der Waals surface area contributed by atoms with Crippen molar-refractivity contribution < 1.29 is 14.6 Å². The topological polar surface area (TPSA) is 61.8 Å². The highest BCUT2D eigenvalue weighted by atomic mass is 16.5. The van der Waals surface area contributed by atoms with Crippen LogP contribution in [-0.4, -0.2) is 42.3 Å². The molecule has 0 radical (unpaired) electrons. The molecule has 2 amide bonds. The zero-order valence-electron chi connectivity index (χ0n) is 10.4. The first-order valence-corrected chi connectivity index (χ1v) is 6.02. The number of phenolic OH excluding ortho intramolecular Hbond substituents is 1. The number of hydrogen-bond donors (Lipinski definition) is 2. The van der Waals surface area contributed by atoms with Crippen molar-refractivity contribution in [3.8, 4) is 5.75 Å². The second-order valence-corrected chi connectivity index (χ2v) is 4.53. The number of amides is 2. The van der Waals surface area contributed by atoms with Crippen molar-refractivity contribution >= 4 is 6.03 Å². The molecule has 1 fully saturated rings. The molecule has 1 heterocycles. The van der Waals surface area contributed by atoms with E-state index in [0.29, 0.717) is 19.8 Å². The van der Waals surface area contributed by atoms with Crippen molar-refractivity contribution in [2.45, 2.75) is 19.0 Å². The smallest absolute Gasteiger partial charge is 0.317 e. The van der Waals surface area contributed by atoms with E-state index in [4.69, 9.17) is 4.74 Å². The number of ether oxygens (including phenoxy) is 1. The van der Waals surface area contributed by atoms with Gasteiger partial charge in [-0.3, -0.25) is 0 Å². The molecule has 0 aliphatic carbocycles. The lowest BCUT2D eigenvalue weighted by atomic mass is 10.2. The average Bonchev–Trinajstić information content (AvgIpc) is 2.85. The van der Waals surface area contributed by atoms with E-state index in [1.165, 1.54) is 0 Å². The predicted octanol–water partition coefficient (Wildman–Crippen LogP) is 1.32. The van der Waals surface area contributed by atoms with E-state index in [2.05, 4.69) is 5.32 Å².